The number of aromatic nitrogens is 3. The molecule has 0 aliphatic rings. The molecule has 0 amide bonds. The lowest BCUT2D eigenvalue weighted by atomic mass is 10.0. The number of fused-ring (bicyclic) bond motifs is 1. The van der Waals surface area contributed by atoms with E-state index in [0.29, 0.717) is 11.1 Å². The third-order valence-corrected chi connectivity index (χ3v) is 5.29. The highest BCUT2D eigenvalue weighted by Gasteiger charge is 2.25. The molecule has 0 saturated heterocycles. The van der Waals surface area contributed by atoms with E-state index in [1.807, 2.05) is 0 Å². The number of pyridine rings is 1. The van der Waals surface area contributed by atoms with Crippen LogP contribution in [0.3, 0.4) is 0 Å². The minimum Gasteiger partial charge on any atom is -0.478 e. The van der Waals surface area contributed by atoms with Gasteiger partial charge in [0.1, 0.15) is 17.2 Å². The zero-order valence-corrected chi connectivity index (χ0v) is 17.6. The summed E-state index contributed by atoms with van der Waals surface area (Å²) in [5, 5.41) is 15.7. The average molecular weight is 472 g/mol. The molecule has 168 valence electrons. The van der Waals surface area contributed by atoms with E-state index in [1.165, 1.54) is 18.3 Å². The molecule has 2 heterocycles. The lowest BCUT2D eigenvalue weighted by Crippen LogP contribution is -2.15. The largest absolute Gasteiger partial charge is 0.478 e. The van der Waals surface area contributed by atoms with Crippen molar-refractivity contribution < 1.29 is 31.9 Å². The molecule has 0 aliphatic heterocycles. The van der Waals surface area contributed by atoms with Gasteiger partial charge >= 0.3 is 5.97 Å². The first-order valence-electron chi connectivity index (χ1n) is 9.23. The molecule has 0 fully saturated rings. The number of carbonyl (C=O) groups is 2. The number of sulfonamides is 1. The smallest absolute Gasteiger partial charge is 0.335 e. The Labute approximate surface area is 185 Å². The number of anilines is 1. The molecular weight excluding hydrogens is 458 g/mol. The first kappa shape index (κ1) is 22.0. The van der Waals surface area contributed by atoms with Gasteiger partial charge < -0.3 is 5.11 Å². The lowest BCUT2D eigenvalue weighted by Gasteiger charge is -2.09. The molecule has 0 spiro atoms. The number of carboxylic acids is 1. The zero-order chi connectivity index (χ0) is 23.9. The maximum atomic E-state index is 14.9. The van der Waals surface area contributed by atoms with E-state index in [0.717, 1.165) is 18.4 Å². The van der Waals surface area contributed by atoms with Crippen LogP contribution in [-0.4, -0.2) is 46.7 Å². The Morgan fingerprint density at radius 1 is 1.06 bits per heavy atom. The van der Waals surface area contributed by atoms with E-state index >= 15 is 0 Å². The van der Waals surface area contributed by atoms with Gasteiger partial charge in [0.25, 0.3) is 0 Å². The van der Waals surface area contributed by atoms with E-state index < -0.39 is 44.7 Å². The number of benzene rings is 2. The van der Waals surface area contributed by atoms with Crippen molar-refractivity contribution in [3.8, 4) is 11.1 Å². The van der Waals surface area contributed by atoms with Crippen LogP contribution in [-0.2, 0) is 10.0 Å². The molecule has 33 heavy (non-hydrogen) atoms. The summed E-state index contributed by atoms with van der Waals surface area (Å²) in [6, 6.07) is 9.18. The molecule has 0 aliphatic carbocycles. The van der Waals surface area contributed by atoms with Crippen LogP contribution >= 0.6 is 0 Å². The first-order chi connectivity index (χ1) is 15.5. The molecular formula is C21H14F2N4O5S. The summed E-state index contributed by atoms with van der Waals surface area (Å²) in [6.07, 6.45) is 2.20. The van der Waals surface area contributed by atoms with Crippen molar-refractivity contribution in [1.82, 2.24) is 15.2 Å². The number of ketones is 1. The van der Waals surface area contributed by atoms with Crippen LogP contribution in [0.15, 0.2) is 48.7 Å². The van der Waals surface area contributed by atoms with Crippen LogP contribution in [0.5, 0.6) is 0 Å². The summed E-state index contributed by atoms with van der Waals surface area (Å²) >= 11 is 0. The van der Waals surface area contributed by atoms with Gasteiger partial charge in [-0.1, -0.05) is 12.1 Å². The van der Waals surface area contributed by atoms with Gasteiger partial charge in [0.05, 0.1) is 22.8 Å². The molecule has 0 bridgehead atoms. The first-order valence-corrected chi connectivity index (χ1v) is 11.1. The van der Waals surface area contributed by atoms with Crippen LogP contribution in [0.2, 0.25) is 0 Å². The molecule has 12 heteroatoms. The molecule has 3 N–H and O–H groups in total. The van der Waals surface area contributed by atoms with Crippen LogP contribution in [0.25, 0.3) is 22.2 Å². The summed E-state index contributed by atoms with van der Waals surface area (Å²) in [5.74, 6) is -4.57. The van der Waals surface area contributed by atoms with Crippen LogP contribution in [0.1, 0.15) is 26.4 Å². The topological polar surface area (TPSA) is 142 Å². The number of aromatic carboxylic acids is 1. The Morgan fingerprint density at radius 3 is 2.39 bits per heavy atom. The molecule has 4 rings (SSSR count). The van der Waals surface area contributed by atoms with Gasteiger partial charge in [-0.15, -0.1) is 0 Å². The highest BCUT2D eigenvalue weighted by atomic mass is 32.2. The van der Waals surface area contributed by atoms with Crippen molar-refractivity contribution in [3.63, 3.8) is 0 Å². The standard InChI is InChI=1S/C21H14F2N4O5S/c1-33(31,32)27-18-15(22)7-6-13(16(18)23)19(28)17-14-8-12(9-24-20(14)26-25-17)10-2-4-11(5-3-10)21(29)30/h2-9,27H,1H3,(H,29,30)(H,24,25,26). The number of hydrogen-bond donors (Lipinski definition) is 3. The van der Waals surface area contributed by atoms with E-state index in [4.69, 9.17) is 5.11 Å². The van der Waals surface area contributed by atoms with E-state index in [-0.39, 0.29) is 22.3 Å². The minimum atomic E-state index is -4.01. The number of carboxylic acid groups (broad SMARTS) is 1. The third-order valence-electron chi connectivity index (χ3n) is 4.72. The van der Waals surface area contributed by atoms with Gasteiger partial charge in [0, 0.05) is 11.8 Å². The Balaban J connectivity index is 1.78. The van der Waals surface area contributed by atoms with Crippen LogP contribution in [0.4, 0.5) is 14.5 Å². The van der Waals surface area contributed by atoms with E-state index in [2.05, 4.69) is 15.2 Å². The molecule has 9 nitrogen and oxygen atoms in total. The second-order valence-corrected chi connectivity index (χ2v) is 8.81. The number of rotatable bonds is 6. The van der Waals surface area contributed by atoms with Crippen LogP contribution in [0, 0.1) is 11.6 Å². The van der Waals surface area contributed by atoms with Gasteiger partial charge in [-0.2, -0.15) is 5.10 Å². The number of hydrogen-bond acceptors (Lipinski definition) is 6. The van der Waals surface area contributed by atoms with Crippen molar-refractivity contribution in [2.24, 2.45) is 0 Å². The second-order valence-electron chi connectivity index (χ2n) is 7.06. The average Bonchev–Trinajstić information content (AvgIpc) is 3.19. The summed E-state index contributed by atoms with van der Waals surface area (Å²) in [7, 11) is -4.01. The predicted octanol–water partition coefficient (Wildman–Crippen LogP) is 3.20. The quantitative estimate of drug-likeness (QED) is 0.366. The third kappa shape index (κ3) is 4.28. The summed E-state index contributed by atoms with van der Waals surface area (Å²) in [6.45, 7) is 0. The number of carbonyl (C=O) groups excluding carboxylic acids is 1. The van der Waals surface area contributed by atoms with Gasteiger partial charge in [0.2, 0.25) is 15.8 Å². The fraction of sp³-hybridized carbons (Fsp3) is 0.0476. The maximum absolute atomic E-state index is 14.9. The number of nitrogens with one attached hydrogen (secondary N) is 2. The Hall–Kier alpha value is -4.19. The van der Waals surface area contributed by atoms with Gasteiger partial charge in [-0.05, 0) is 35.9 Å². The molecule has 4 aromatic rings. The Bertz CT molecular complexity index is 1530. The molecule has 2 aromatic carbocycles. The summed E-state index contributed by atoms with van der Waals surface area (Å²) < 4.78 is 53.4. The van der Waals surface area contributed by atoms with Gasteiger partial charge in [-0.3, -0.25) is 14.6 Å². The van der Waals surface area contributed by atoms with Gasteiger partial charge in [-0.25, -0.2) is 27.0 Å². The SMILES string of the molecule is CS(=O)(=O)Nc1c(F)ccc(C(=O)c2n[nH]c3ncc(-c4ccc(C(=O)O)cc4)cc23)c1F. The molecule has 2 aromatic heterocycles. The maximum Gasteiger partial charge on any atom is 0.335 e. The highest BCUT2D eigenvalue weighted by molar-refractivity contribution is 7.92. The van der Waals surface area contributed by atoms with E-state index in [1.54, 1.807) is 22.9 Å². The molecule has 0 unspecified atom stereocenters. The summed E-state index contributed by atoms with van der Waals surface area (Å²) in [4.78, 5) is 28.2. The normalized spacial score (nSPS) is 11.5. The van der Waals surface area contributed by atoms with Crippen LogP contribution < -0.4 is 4.72 Å². The fourth-order valence-corrected chi connectivity index (χ4v) is 3.73. The second kappa shape index (κ2) is 8.06. The van der Waals surface area contributed by atoms with Crippen molar-refractivity contribution in [1.29, 1.82) is 0 Å². The lowest BCUT2D eigenvalue weighted by molar-refractivity contribution is 0.0696. The summed E-state index contributed by atoms with van der Waals surface area (Å²) in [5.41, 5.74) is -0.306. The van der Waals surface area contributed by atoms with Gasteiger partial charge in [0.15, 0.2) is 11.5 Å². The van der Waals surface area contributed by atoms with Crippen molar-refractivity contribution in [2.75, 3.05) is 11.0 Å². The minimum absolute atomic E-state index is 0.0947. The predicted molar refractivity (Wildman–Crippen MR) is 115 cm³/mol. The number of nitrogens with zero attached hydrogens (tertiary/aromatic N) is 2. The number of aromatic amines is 1. The zero-order valence-electron chi connectivity index (χ0n) is 16.8. The van der Waals surface area contributed by atoms with E-state index in [9.17, 15) is 26.8 Å². The highest BCUT2D eigenvalue weighted by Crippen LogP contribution is 2.28. The number of H-pyrrole nitrogens is 1. The molecule has 0 saturated carbocycles. The Kier molecular flexibility index (Phi) is 5.38. The fourth-order valence-electron chi connectivity index (χ4n) is 3.17. The molecule has 0 radical (unpaired) electrons. The van der Waals surface area contributed by atoms with Crippen molar-refractivity contribution >= 4 is 38.5 Å². The molecule has 0 atom stereocenters. The Morgan fingerprint density at radius 2 is 1.76 bits per heavy atom. The van der Waals surface area contributed by atoms with Crippen molar-refractivity contribution in [2.45, 2.75) is 0 Å². The van der Waals surface area contributed by atoms with Crippen molar-refractivity contribution in [3.05, 3.63) is 77.1 Å². The monoisotopic (exact) mass is 472 g/mol. The number of halogens is 2.